The maximum atomic E-state index is 11.2. The average Bonchev–Trinajstić information content (AvgIpc) is 2.83. The third-order valence-corrected chi connectivity index (χ3v) is 4.35. The SMILES string of the molecule is NC(=O)c1ccnc(N2CC[C@]3(CCCNC3)C2)c1. The normalized spacial score (nSPS) is 26.8. The molecule has 2 aliphatic heterocycles. The van der Waals surface area contributed by atoms with Crippen molar-refractivity contribution in [2.45, 2.75) is 19.3 Å². The number of piperidine rings is 1. The molecule has 0 radical (unpaired) electrons. The Bertz CT molecular complexity index is 482. The topological polar surface area (TPSA) is 71.2 Å². The molecule has 1 spiro atoms. The lowest BCUT2D eigenvalue weighted by molar-refractivity contribution is 0.1000. The molecule has 3 N–H and O–H groups in total. The zero-order chi connectivity index (χ0) is 13.3. The van der Waals surface area contributed by atoms with Gasteiger partial charge in [0.15, 0.2) is 0 Å². The van der Waals surface area contributed by atoms with Crippen molar-refractivity contribution < 1.29 is 4.79 Å². The number of aromatic nitrogens is 1. The Kier molecular flexibility index (Phi) is 3.14. The van der Waals surface area contributed by atoms with Crippen LogP contribution in [0.3, 0.4) is 0 Å². The third-order valence-electron chi connectivity index (χ3n) is 4.35. The molecule has 1 atom stereocenters. The van der Waals surface area contributed by atoms with Crippen LogP contribution in [0.1, 0.15) is 29.6 Å². The monoisotopic (exact) mass is 260 g/mol. The Labute approximate surface area is 113 Å². The number of nitrogens with one attached hydrogen (secondary N) is 1. The second kappa shape index (κ2) is 4.81. The summed E-state index contributed by atoms with van der Waals surface area (Å²) in [5.74, 6) is 0.482. The number of nitrogens with two attached hydrogens (primary N) is 1. The predicted molar refractivity (Wildman–Crippen MR) is 74.1 cm³/mol. The minimum absolute atomic E-state index is 0.392. The summed E-state index contributed by atoms with van der Waals surface area (Å²) in [6, 6.07) is 3.47. The molecule has 5 heteroatoms. The van der Waals surface area contributed by atoms with Gasteiger partial charge in [-0.15, -0.1) is 0 Å². The number of primary amides is 1. The summed E-state index contributed by atoms with van der Waals surface area (Å²) in [7, 11) is 0. The van der Waals surface area contributed by atoms with E-state index < -0.39 is 5.91 Å². The van der Waals surface area contributed by atoms with Gasteiger partial charge in [-0.1, -0.05) is 0 Å². The van der Waals surface area contributed by atoms with Crippen molar-refractivity contribution in [1.82, 2.24) is 10.3 Å². The molecule has 2 aliphatic rings. The number of amides is 1. The van der Waals surface area contributed by atoms with E-state index in [-0.39, 0.29) is 0 Å². The van der Waals surface area contributed by atoms with Crippen LogP contribution in [-0.2, 0) is 0 Å². The fourth-order valence-corrected chi connectivity index (χ4v) is 3.25. The number of hydrogen-bond acceptors (Lipinski definition) is 4. The van der Waals surface area contributed by atoms with Crippen LogP contribution in [0, 0.1) is 5.41 Å². The highest BCUT2D eigenvalue weighted by atomic mass is 16.1. The minimum atomic E-state index is -0.392. The van der Waals surface area contributed by atoms with Crippen molar-refractivity contribution in [1.29, 1.82) is 0 Å². The summed E-state index contributed by atoms with van der Waals surface area (Å²) in [4.78, 5) is 17.9. The van der Waals surface area contributed by atoms with Crippen molar-refractivity contribution in [3.63, 3.8) is 0 Å². The molecule has 0 unspecified atom stereocenters. The number of carbonyl (C=O) groups excluding carboxylic acids is 1. The molecule has 1 aromatic rings. The fourth-order valence-electron chi connectivity index (χ4n) is 3.25. The van der Waals surface area contributed by atoms with Gasteiger partial charge >= 0.3 is 0 Å². The molecule has 2 saturated heterocycles. The zero-order valence-electron chi connectivity index (χ0n) is 11.1. The van der Waals surface area contributed by atoms with Gasteiger partial charge in [-0.3, -0.25) is 4.79 Å². The van der Waals surface area contributed by atoms with Crippen molar-refractivity contribution in [2.75, 3.05) is 31.1 Å². The van der Waals surface area contributed by atoms with E-state index in [1.807, 2.05) is 0 Å². The highest BCUT2D eigenvalue weighted by molar-refractivity contribution is 5.93. The van der Waals surface area contributed by atoms with Crippen LogP contribution in [-0.4, -0.2) is 37.1 Å². The van der Waals surface area contributed by atoms with Gasteiger partial charge in [-0.25, -0.2) is 4.98 Å². The number of hydrogen-bond donors (Lipinski definition) is 2. The van der Waals surface area contributed by atoms with Gasteiger partial charge < -0.3 is 16.0 Å². The molecular formula is C14H20N4O. The second-order valence-corrected chi connectivity index (χ2v) is 5.72. The summed E-state index contributed by atoms with van der Waals surface area (Å²) in [5, 5.41) is 3.50. The number of anilines is 1. The van der Waals surface area contributed by atoms with E-state index in [4.69, 9.17) is 5.73 Å². The molecule has 0 aliphatic carbocycles. The van der Waals surface area contributed by atoms with Crippen LogP contribution in [0.15, 0.2) is 18.3 Å². The van der Waals surface area contributed by atoms with Crippen LogP contribution < -0.4 is 16.0 Å². The first-order valence-electron chi connectivity index (χ1n) is 6.90. The molecule has 1 amide bonds. The van der Waals surface area contributed by atoms with Crippen LogP contribution in [0.25, 0.3) is 0 Å². The van der Waals surface area contributed by atoms with Gasteiger partial charge in [0.1, 0.15) is 5.82 Å². The van der Waals surface area contributed by atoms with Gasteiger partial charge in [-0.05, 0) is 37.9 Å². The number of nitrogens with zero attached hydrogens (tertiary/aromatic N) is 2. The maximum Gasteiger partial charge on any atom is 0.248 e. The Morgan fingerprint density at radius 2 is 2.37 bits per heavy atom. The lowest BCUT2D eigenvalue weighted by Gasteiger charge is -2.33. The van der Waals surface area contributed by atoms with Crippen LogP contribution >= 0.6 is 0 Å². The molecule has 3 heterocycles. The third kappa shape index (κ3) is 2.42. The summed E-state index contributed by atoms with van der Waals surface area (Å²) in [5.41, 5.74) is 6.25. The number of carbonyl (C=O) groups is 1. The summed E-state index contributed by atoms with van der Waals surface area (Å²) >= 11 is 0. The van der Waals surface area contributed by atoms with E-state index >= 15 is 0 Å². The van der Waals surface area contributed by atoms with Gasteiger partial charge in [0.2, 0.25) is 5.91 Å². The zero-order valence-corrected chi connectivity index (χ0v) is 11.1. The largest absolute Gasteiger partial charge is 0.366 e. The van der Waals surface area contributed by atoms with Crippen molar-refractivity contribution >= 4 is 11.7 Å². The highest BCUT2D eigenvalue weighted by Gasteiger charge is 2.39. The smallest absolute Gasteiger partial charge is 0.248 e. The number of pyridine rings is 1. The van der Waals surface area contributed by atoms with Crippen molar-refractivity contribution in [3.05, 3.63) is 23.9 Å². The Hall–Kier alpha value is -1.62. The molecular weight excluding hydrogens is 240 g/mol. The first-order valence-corrected chi connectivity index (χ1v) is 6.90. The first kappa shape index (κ1) is 12.4. The van der Waals surface area contributed by atoms with E-state index in [9.17, 15) is 4.79 Å². The minimum Gasteiger partial charge on any atom is -0.366 e. The van der Waals surface area contributed by atoms with Gasteiger partial charge in [0, 0.05) is 36.8 Å². The lowest BCUT2D eigenvalue weighted by Crippen LogP contribution is -2.42. The van der Waals surface area contributed by atoms with Crippen molar-refractivity contribution in [3.8, 4) is 0 Å². The van der Waals surface area contributed by atoms with Crippen LogP contribution in [0.5, 0.6) is 0 Å². The quantitative estimate of drug-likeness (QED) is 0.823. The Morgan fingerprint density at radius 1 is 1.47 bits per heavy atom. The highest BCUT2D eigenvalue weighted by Crippen LogP contribution is 2.37. The van der Waals surface area contributed by atoms with E-state index in [1.54, 1.807) is 18.3 Å². The molecule has 0 bridgehead atoms. The Balaban J connectivity index is 1.77. The fraction of sp³-hybridized carbons (Fsp3) is 0.571. The second-order valence-electron chi connectivity index (χ2n) is 5.72. The molecule has 2 fully saturated rings. The number of rotatable bonds is 2. The predicted octanol–water partition coefficient (Wildman–Crippen LogP) is 0.760. The van der Waals surface area contributed by atoms with E-state index in [0.717, 1.165) is 32.0 Å². The molecule has 0 saturated carbocycles. The summed E-state index contributed by atoms with van der Waals surface area (Å²) in [6.07, 6.45) is 5.40. The molecule has 0 aromatic carbocycles. The summed E-state index contributed by atoms with van der Waals surface area (Å²) < 4.78 is 0. The van der Waals surface area contributed by atoms with E-state index in [2.05, 4.69) is 15.2 Å². The van der Waals surface area contributed by atoms with Gasteiger partial charge in [-0.2, -0.15) is 0 Å². The van der Waals surface area contributed by atoms with Crippen molar-refractivity contribution in [2.24, 2.45) is 11.1 Å². The van der Waals surface area contributed by atoms with Crippen LogP contribution in [0.4, 0.5) is 5.82 Å². The van der Waals surface area contributed by atoms with Gasteiger partial charge in [0.05, 0.1) is 0 Å². The molecule has 19 heavy (non-hydrogen) atoms. The van der Waals surface area contributed by atoms with E-state index in [1.165, 1.54) is 19.3 Å². The average molecular weight is 260 g/mol. The standard InChI is InChI=1S/C14H20N4O/c15-13(19)11-2-6-17-12(8-11)18-7-4-14(10-18)3-1-5-16-9-14/h2,6,8,16H,1,3-5,7,9-10H2,(H2,15,19)/t14-/m0/s1. The molecule has 102 valence electrons. The molecule has 1 aromatic heterocycles. The first-order chi connectivity index (χ1) is 9.19. The molecule has 3 rings (SSSR count). The summed E-state index contributed by atoms with van der Waals surface area (Å²) in [6.45, 7) is 4.27. The Morgan fingerprint density at radius 3 is 3.11 bits per heavy atom. The van der Waals surface area contributed by atoms with Crippen LogP contribution in [0.2, 0.25) is 0 Å². The molecule has 5 nitrogen and oxygen atoms in total. The van der Waals surface area contributed by atoms with Gasteiger partial charge in [0.25, 0.3) is 0 Å². The lowest BCUT2D eigenvalue weighted by atomic mass is 9.80. The maximum absolute atomic E-state index is 11.2. The van der Waals surface area contributed by atoms with E-state index in [0.29, 0.717) is 11.0 Å².